The van der Waals surface area contributed by atoms with Gasteiger partial charge < -0.3 is 5.32 Å². The highest BCUT2D eigenvalue weighted by molar-refractivity contribution is 7.92. The summed E-state index contributed by atoms with van der Waals surface area (Å²) in [6.45, 7) is 3.56. The van der Waals surface area contributed by atoms with Crippen molar-refractivity contribution in [2.24, 2.45) is 5.92 Å². The molecule has 0 aliphatic carbocycles. The van der Waals surface area contributed by atoms with Gasteiger partial charge in [0.05, 0.1) is 16.1 Å². The molecule has 0 unspecified atom stereocenters. The van der Waals surface area contributed by atoms with Crippen molar-refractivity contribution in [3.05, 3.63) is 66.4 Å². The molecule has 4 rings (SSSR count). The van der Waals surface area contributed by atoms with Crippen LogP contribution < -0.4 is 10.2 Å². The van der Waals surface area contributed by atoms with Gasteiger partial charge in [-0.3, -0.25) is 9.78 Å². The van der Waals surface area contributed by atoms with Gasteiger partial charge in [0, 0.05) is 18.0 Å². The molecular weight excluding hydrogens is 471 g/mol. The number of anilines is 1. The van der Waals surface area contributed by atoms with E-state index in [9.17, 15) is 31.2 Å². The molecular formula is C23H20F3N3O4S. The van der Waals surface area contributed by atoms with E-state index < -0.39 is 37.7 Å². The van der Waals surface area contributed by atoms with Crippen molar-refractivity contribution >= 4 is 38.4 Å². The van der Waals surface area contributed by atoms with Crippen LogP contribution in [0.15, 0.2) is 65.7 Å². The van der Waals surface area contributed by atoms with Gasteiger partial charge in [-0.2, -0.15) is 13.2 Å². The van der Waals surface area contributed by atoms with Gasteiger partial charge >= 0.3 is 11.5 Å². The molecule has 2 aromatic carbocycles. The van der Waals surface area contributed by atoms with E-state index in [1.54, 1.807) is 26.1 Å². The summed E-state index contributed by atoms with van der Waals surface area (Å²) in [5, 5.41) is 3.59. The van der Waals surface area contributed by atoms with E-state index in [-0.39, 0.29) is 18.0 Å². The molecule has 0 bridgehead atoms. The molecule has 1 fully saturated rings. The summed E-state index contributed by atoms with van der Waals surface area (Å²) in [6, 6.07) is 11.9. The van der Waals surface area contributed by atoms with Crippen LogP contribution in [-0.4, -0.2) is 36.4 Å². The fourth-order valence-corrected chi connectivity index (χ4v) is 4.82. The maximum absolute atomic E-state index is 13.6. The number of rotatable bonds is 5. The number of imide groups is 1. The monoisotopic (exact) mass is 491 g/mol. The molecule has 178 valence electrons. The average Bonchev–Trinajstić information content (AvgIpc) is 3.03. The quantitative estimate of drug-likeness (QED) is 0.539. The standard InChI is InChI=1S/C23H20F3N3O4S/c1-14(2)22(13-15-11-12-27-19-6-4-3-5-18(15)19)20(30)29(21(31)28-22)16-7-9-17(10-8-16)34(32,33)23(24,25)26/h3-12,14H,13H2,1-2H3,(H,28,31)/t22-/m1/s1. The Balaban J connectivity index is 1.71. The van der Waals surface area contributed by atoms with Gasteiger partial charge in [0.1, 0.15) is 5.54 Å². The number of benzene rings is 2. The lowest BCUT2D eigenvalue weighted by atomic mass is 9.80. The van der Waals surface area contributed by atoms with E-state index in [1.807, 2.05) is 24.3 Å². The largest absolute Gasteiger partial charge is 0.501 e. The summed E-state index contributed by atoms with van der Waals surface area (Å²) in [4.78, 5) is 30.6. The lowest BCUT2D eigenvalue weighted by Crippen LogP contribution is -2.53. The smallest absolute Gasteiger partial charge is 0.322 e. The molecule has 0 spiro atoms. The van der Waals surface area contributed by atoms with Crippen LogP contribution in [0.1, 0.15) is 19.4 Å². The van der Waals surface area contributed by atoms with E-state index in [0.29, 0.717) is 0 Å². The highest BCUT2D eigenvalue weighted by Crippen LogP contribution is 2.36. The summed E-state index contributed by atoms with van der Waals surface area (Å²) < 4.78 is 61.8. The van der Waals surface area contributed by atoms with Gasteiger partial charge in [-0.1, -0.05) is 32.0 Å². The van der Waals surface area contributed by atoms with Crippen molar-refractivity contribution in [2.75, 3.05) is 4.90 Å². The number of sulfone groups is 1. The lowest BCUT2D eigenvalue weighted by Gasteiger charge is -2.31. The van der Waals surface area contributed by atoms with E-state index in [0.717, 1.165) is 45.6 Å². The fourth-order valence-electron chi connectivity index (χ4n) is 4.06. The number of alkyl halides is 3. The maximum Gasteiger partial charge on any atom is 0.501 e. The number of aromatic nitrogens is 1. The lowest BCUT2D eigenvalue weighted by molar-refractivity contribution is -0.123. The van der Waals surface area contributed by atoms with E-state index in [1.165, 1.54) is 0 Å². The summed E-state index contributed by atoms with van der Waals surface area (Å²) in [5.74, 6) is -0.925. The number of nitrogens with one attached hydrogen (secondary N) is 1. The first-order valence-electron chi connectivity index (χ1n) is 10.3. The van der Waals surface area contributed by atoms with Crippen molar-refractivity contribution in [1.29, 1.82) is 0 Å². The number of nitrogens with zero attached hydrogens (tertiary/aromatic N) is 2. The Morgan fingerprint density at radius 2 is 1.68 bits per heavy atom. The minimum absolute atomic E-state index is 0.0364. The van der Waals surface area contributed by atoms with E-state index >= 15 is 0 Å². The number of hydrogen-bond acceptors (Lipinski definition) is 5. The van der Waals surface area contributed by atoms with Crippen molar-refractivity contribution in [3.8, 4) is 0 Å². The van der Waals surface area contributed by atoms with Gasteiger partial charge in [0.15, 0.2) is 0 Å². The van der Waals surface area contributed by atoms with Crippen LogP contribution in [0.3, 0.4) is 0 Å². The average molecular weight is 491 g/mol. The molecule has 1 aliphatic rings. The first-order chi connectivity index (χ1) is 15.9. The van der Waals surface area contributed by atoms with Crippen LogP contribution in [0.5, 0.6) is 0 Å². The third-order valence-corrected chi connectivity index (χ3v) is 7.52. The van der Waals surface area contributed by atoms with Crippen molar-refractivity contribution in [2.45, 2.75) is 36.2 Å². The Kier molecular flexibility index (Phi) is 5.63. The third kappa shape index (κ3) is 3.69. The number of amides is 3. The Morgan fingerprint density at radius 3 is 2.29 bits per heavy atom. The molecule has 1 aliphatic heterocycles. The minimum atomic E-state index is -5.55. The molecule has 0 radical (unpaired) electrons. The summed E-state index contributed by atoms with van der Waals surface area (Å²) >= 11 is 0. The topological polar surface area (TPSA) is 96.4 Å². The molecule has 1 aromatic heterocycles. The second kappa shape index (κ2) is 8.08. The van der Waals surface area contributed by atoms with Gasteiger partial charge in [0.25, 0.3) is 15.7 Å². The fraction of sp³-hybridized carbons (Fsp3) is 0.261. The normalized spacial score (nSPS) is 19.2. The van der Waals surface area contributed by atoms with Gasteiger partial charge in [-0.05, 0) is 47.9 Å². The second-order valence-corrected chi connectivity index (χ2v) is 10.2. The summed E-state index contributed by atoms with van der Waals surface area (Å²) in [6.07, 6.45) is 1.78. The first kappa shape index (κ1) is 23.7. The Labute approximate surface area is 193 Å². The molecule has 1 N–H and O–H groups in total. The number of urea groups is 1. The molecule has 34 heavy (non-hydrogen) atoms. The van der Waals surface area contributed by atoms with Crippen molar-refractivity contribution < 1.29 is 31.2 Å². The summed E-state index contributed by atoms with van der Waals surface area (Å²) in [7, 11) is -5.55. The highest BCUT2D eigenvalue weighted by Gasteiger charge is 2.54. The van der Waals surface area contributed by atoms with Crippen LogP contribution >= 0.6 is 0 Å². The van der Waals surface area contributed by atoms with Crippen LogP contribution in [0, 0.1) is 5.92 Å². The molecule has 1 saturated heterocycles. The van der Waals surface area contributed by atoms with Gasteiger partial charge in [-0.15, -0.1) is 0 Å². The molecule has 11 heteroatoms. The van der Waals surface area contributed by atoms with Gasteiger partial charge in [-0.25, -0.2) is 18.1 Å². The van der Waals surface area contributed by atoms with Crippen LogP contribution in [0.4, 0.5) is 23.7 Å². The number of carbonyl (C=O) groups is 2. The number of fused-ring (bicyclic) bond motifs is 1. The molecule has 3 aromatic rings. The Morgan fingerprint density at radius 1 is 1.03 bits per heavy atom. The molecule has 1 atom stereocenters. The number of halogens is 3. The maximum atomic E-state index is 13.6. The summed E-state index contributed by atoms with van der Waals surface area (Å²) in [5.41, 5.74) is -5.30. The van der Waals surface area contributed by atoms with Crippen LogP contribution in [-0.2, 0) is 21.1 Å². The zero-order valence-electron chi connectivity index (χ0n) is 18.1. The Hall–Kier alpha value is -3.47. The van der Waals surface area contributed by atoms with Crippen molar-refractivity contribution in [3.63, 3.8) is 0 Å². The van der Waals surface area contributed by atoms with Crippen molar-refractivity contribution in [1.82, 2.24) is 10.3 Å². The SMILES string of the molecule is CC(C)[C@@]1(Cc2ccnc3ccccc23)NC(=O)N(c2ccc(S(=O)(=O)C(F)(F)F)cc2)C1=O. The molecule has 7 nitrogen and oxygen atoms in total. The molecule has 0 saturated carbocycles. The number of carbonyl (C=O) groups excluding carboxylic acids is 2. The van der Waals surface area contributed by atoms with E-state index in [4.69, 9.17) is 0 Å². The first-order valence-corrected chi connectivity index (χ1v) is 11.8. The minimum Gasteiger partial charge on any atom is -0.322 e. The second-order valence-electron chi connectivity index (χ2n) is 8.30. The van der Waals surface area contributed by atoms with Crippen LogP contribution in [0.2, 0.25) is 0 Å². The predicted molar refractivity (Wildman–Crippen MR) is 119 cm³/mol. The van der Waals surface area contributed by atoms with Gasteiger partial charge in [0.2, 0.25) is 0 Å². The zero-order valence-corrected chi connectivity index (χ0v) is 18.9. The zero-order chi connectivity index (χ0) is 24.9. The number of para-hydroxylation sites is 1. The number of hydrogen-bond donors (Lipinski definition) is 1. The predicted octanol–water partition coefficient (Wildman–Crippen LogP) is 4.22. The third-order valence-electron chi connectivity index (χ3n) is 6.02. The molecule has 3 amide bonds. The highest BCUT2D eigenvalue weighted by atomic mass is 32.2. The number of pyridine rings is 1. The Bertz CT molecular complexity index is 1380. The van der Waals surface area contributed by atoms with Crippen LogP contribution in [0.25, 0.3) is 10.9 Å². The van der Waals surface area contributed by atoms with E-state index in [2.05, 4.69) is 10.3 Å². The molecule has 2 heterocycles.